The molecule has 0 amide bonds. The Morgan fingerprint density at radius 3 is 2.66 bits per heavy atom. The highest BCUT2D eigenvalue weighted by Crippen LogP contribution is 2.54. The Kier molecular flexibility index (Phi) is 7.09. The molecule has 2 aromatic heterocycles. The second-order valence-corrected chi connectivity index (χ2v) is 12.5. The number of ether oxygens (including phenoxy) is 1. The Hall–Kier alpha value is -2.62. The molecule has 1 saturated heterocycles. The third kappa shape index (κ3) is 4.69. The molecule has 3 aliphatic rings. The van der Waals surface area contributed by atoms with E-state index in [4.69, 9.17) is 4.74 Å². The topological polar surface area (TPSA) is 97.5 Å². The van der Waals surface area contributed by atoms with Crippen molar-refractivity contribution in [3.63, 3.8) is 0 Å². The molecular weight excluding hydrogens is 500 g/mol. The molecule has 2 aliphatic carbocycles. The molecule has 9 heteroatoms. The molecule has 8 nitrogen and oxygen atoms in total. The second-order valence-electron chi connectivity index (χ2n) is 11.5. The molecular formula is C29H36N4O4S. The fourth-order valence-corrected chi connectivity index (χ4v) is 8.03. The normalized spacial score (nSPS) is 22.0. The third-order valence-electron chi connectivity index (χ3n) is 9.24. The van der Waals surface area contributed by atoms with Gasteiger partial charge in [-0.2, -0.15) is 0 Å². The van der Waals surface area contributed by atoms with Crippen LogP contribution >= 0.6 is 11.3 Å². The molecule has 6 rings (SSSR count). The summed E-state index contributed by atoms with van der Waals surface area (Å²) in [7, 11) is 0. The van der Waals surface area contributed by atoms with Crippen molar-refractivity contribution in [3.8, 4) is 0 Å². The molecule has 38 heavy (non-hydrogen) atoms. The van der Waals surface area contributed by atoms with Gasteiger partial charge < -0.3 is 14.7 Å². The summed E-state index contributed by atoms with van der Waals surface area (Å²) in [6.07, 6.45) is 10.1. The zero-order chi connectivity index (χ0) is 26.2. The smallest absolute Gasteiger partial charge is 0.341 e. The highest BCUT2D eigenvalue weighted by molar-refractivity contribution is 7.10. The zero-order valence-electron chi connectivity index (χ0n) is 21.8. The number of aromatic nitrogens is 3. The van der Waals surface area contributed by atoms with E-state index in [1.54, 1.807) is 6.07 Å². The minimum Gasteiger partial charge on any atom is -0.479 e. The molecule has 3 heterocycles. The summed E-state index contributed by atoms with van der Waals surface area (Å²) in [4.78, 5) is 27.1. The largest absolute Gasteiger partial charge is 0.479 e. The molecule has 1 spiro atoms. The molecule has 1 unspecified atom stereocenters. The molecule has 1 aromatic carbocycles. The van der Waals surface area contributed by atoms with Gasteiger partial charge in [-0.3, -0.25) is 4.79 Å². The number of benzene rings is 1. The van der Waals surface area contributed by atoms with Crippen LogP contribution in [-0.4, -0.2) is 63.0 Å². The van der Waals surface area contributed by atoms with Crippen LogP contribution in [0.2, 0.25) is 0 Å². The molecule has 3 fully saturated rings. The summed E-state index contributed by atoms with van der Waals surface area (Å²) in [6, 6.07) is 9.41. The van der Waals surface area contributed by atoms with Crippen molar-refractivity contribution in [2.75, 3.05) is 19.6 Å². The molecule has 2 saturated carbocycles. The van der Waals surface area contributed by atoms with Gasteiger partial charge in [0.1, 0.15) is 11.8 Å². The van der Waals surface area contributed by atoms with E-state index in [9.17, 15) is 14.7 Å². The summed E-state index contributed by atoms with van der Waals surface area (Å²) >= 11 is 1.52. The predicted molar refractivity (Wildman–Crippen MR) is 145 cm³/mol. The van der Waals surface area contributed by atoms with Crippen molar-refractivity contribution in [1.82, 2.24) is 19.9 Å². The number of piperidine rings is 1. The summed E-state index contributed by atoms with van der Waals surface area (Å²) < 4.78 is 8.56. The number of aldehydes is 1. The lowest BCUT2D eigenvalue weighted by Gasteiger charge is -2.54. The number of carboxylic acids is 1. The lowest BCUT2D eigenvalue weighted by atomic mass is 9.61. The van der Waals surface area contributed by atoms with Crippen molar-refractivity contribution < 1.29 is 19.4 Å². The Bertz CT molecular complexity index is 1270. The maximum atomic E-state index is 12.7. The maximum absolute atomic E-state index is 12.7. The van der Waals surface area contributed by atoms with E-state index in [1.165, 1.54) is 11.3 Å². The second kappa shape index (κ2) is 10.5. The molecule has 3 aromatic rings. The van der Waals surface area contributed by atoms with Crippen LogP contribution in [0.1, 0.15) is 73.0 Å². The number of carboxylic acid groups (broad SMARTS) is 1. The summed E-state index contributed by atoms with van der Waals surface area (Å²) in [5, 5.41) is 20.9. The Labute approximate surface area is 227 Å². The van der Waals surface area contributed by atoms with Gasteiger partial charge in [0.25, 0.3) is 0 Å². The number of thiophene rings is 1. The quantitative estimate of drug-likeness (QED) is 0.359. The van der Waals surface area contributed by atoms with Crippen LogP contribution in [0.15, 0.2) is 35.7 Å². The van der Waals surface area contributed by atoms with Crippen LogP contribution in [0.3, 0.4) is 0 Å². The molecule has 1 aliphatic heterocycles. The number of carbonyl (C=O) groups excluding carboxylic acids is 1. The van der Waals surface area contributed by atoms with Crippen LogP contribution in [0, 0.1) is 11.3 Å². The van der Waals surface area contributed by atoms with Gasteiger partial charge in [-0.05, 0) is 99.6 Å². The van der Waals surface area contributed by atoms with Gasteiger partial charge in [-0.25, -0.2) is 9.48 Å². The first-order valence-electron chi connectivity index (χ1n) is 14.0. The molecule has 1 atom stereocenters. The van der Waals surface area contributed by atoms with Gasteiger partial charge in [-0.1, -0.05) is 24.1 Å². The van der Waals surface area contributed by atoms with Crippen LogP contribution < -0.4 is 0 Å². The molecule has 202 valence electrons. The van der Waals surface area contributed by atoms with E-state index in [1.807, 2.05) is 34.3 Å². The van der Waals surface area contributed by atoms with E-state index in [-0.39, 0.29) is 12.0 Å². The number of nitrogens with zero attached hydrogens (tertiary/aromatic N) is 4. The molecule has 1 N–H and O–H groups in total. The Balaban J connectivity index is 1.01. The first-order valence-corrected chi connectivity index (χ1v) is 14.9. The minimum atomic E-state index is -1.18. The van der Waals surface area contributed by atoms with E-state index in [0.717, 1.165) is 106 Å². The lowest BCUT2D eigenvalue weighted by Crippen LogP contribution is -2.54. The van der Waals surface area contributed by atoms with Crippen molar-refractivity contribution in [1.29, 1.82) is 0 Å². The standard InChI is InChI=1S/C29H36N4O4S/c34-20-21-8-9-25-24(17-21)30-31-33(25)13-4-12-32-14-10-28(11-15-32)18-23(19-28)37-29(27(35)36,22-5-1-2-6-22)26-7-3-16-38-26/h3,7-9,16-17,20,22-23H,1-2,4-6,10-15,18-19H2,(H,35,36). The number of fused-ring (bicyclic) bond motifs is 1. The van der Waals surface area contributed by atoms with Crippen LogP contribution in [0.25, 0.3) is 11.0 Å². The van der Waals surface area contributed by atoms with Crippen molar-refractivity contribution >= 4 is 34.6 Å². The van der Waals surface area contributed by atoms with Crippen LogP contribution in [0.4, 0.5) is 0 Å². The van der Waals surface area contributed by atoms with Gasteiger partial charge in [0, 0.05) is 22.9 Å². The van der Waals surface area contributed by atoms with Crippen LogP contribution in [-0.2, 0) is 21.7 Å². The first-order chi connectivity index (χ1) is 18.5. The summed E-state index contributed by atoms with van der Waals surface area (Å²) in [5.41, 5.74) is 1.46. The fourth-order valence-electron chi connectivity index (χ4n) is 7.09. The zero-order valence-corrected chi connectivity index (χ0v) is 22.6. The van der Waals surface area contributed by atoms with Crippen molar-refractivity contribution in [2.24, 2.45) is 11.3 Å². The average molecular weight is 537 g/mol. The Morgan fingerprint density at radius 2 is 1.97 bits per heavy atom. The Morgan fingerprint density at radius 1 is 1.18 bits per heavy atom. The van der Waals surface area contributed by atoms with Gasteiger partial charge in [0.05, 0.1) is 11.6 Å². The number of aryl methyl sites for hydroxylation is 1. The monoisotopic (exact) mass is 536 g/mol. The number of rotatable bonds is 10. The highest BCUT2D eigenvalue weighted by Gasteiger charge is 2.55. The number of hydrogen-bond acceptors (Lipinski definition) is 7. The van der Waals surface area contributed by atoms with Crippen molar-refractivity contribution in [3.05, 3.63) is 46.2 Å². The van der Waals surface area contributed by atoms with E-state index in [2.05, 4.69) is 15.2 Å². The van der Waals surface area contributed by atoms with E-state index < -0.39 is 11.6 Å². The number of carbonyl (C=O) groups is 2. The van der Waals surface area contributed by atoms with Crippen LogP contribution in [0.5, 0.6) is 0 Å². The number of likely N-dealkylation sites (tertiary alicyclic amines) is 1. The highest BCUT2D eigenvalue weighted by atomic mass is 32.1. The maximum Gasteiger partial charge on any atom is 0.341 e. The minimum absolute atomic E-state index is 0.0284. The lowest BCUT2D eigenvalue weighted by molar-refractivity contribution is -0.214. The summed E-state index contributed by atoms with van der Waals surface area (Å²) in [5.74, 6) is -0.752. The average Bonchev–Trinajstić information content (AvgIpc) is 3.70. The number of aliphatic carboxylic acids is 1. The molecule has 0 bridgehead atoms. The summed E-state index contributed by atoms with van der Waals surface area (Å²) in [6.45, 7) is 3.97. The van der Waals surface area contributed by atoms with Gasteiger partial charge >= 0.3 is 5.97 Å². The van der Waals surface area contributed by atoms with Gasteiger partial charge in [0.15, 0.2) is 0 Å². The van der Waals surface area contributed by atoms with E-state index >= 15 is 0 Å². The van der Waals surface area contributed by atoms with E-state index in [0.29, 0.717) is 11.0 Å². The van der Waals surface area contributed by atoms with Gasteiger partial charge in [-0.15, -0.1) is 16.4 Å². The van der Waals surface area contributed by atoms with Crippen molar-refractivity contribution in [2.45, 2.75) is 76.0 Å². The molecule has 0 radical (unpaired) electrons. The number of hydrogen-bond donors (Lipinski definition) is 1. The first kappa shape index (κ1) is 25.6. The third-order valence-corrected chi connectivity index (χ3v) is 10.2. The SMILES string of the molecule is O=Cc1ccc2c(c1)nnn2CCCN1CCC2(CC1)CC(OC(C(=O)O)(c1cccs1)C1CCCC1)C2. The van der Waals surface area contributed by atoms with Gasteiger partial charge in [0.2, 0.25) is 5.60 Å². The fraction of sp³-hybridized carbons (Fsp3) is 0.586. The predicted octanol–water partition coefficient (Wildman–Crippen LogP) is 5.13.